The third-order valence-electron chi connectivity index (χ3n) is 3.90. The van der Waals surface area contributed by atoms with Crippen molar-refractivity contribution >= 4 is 10.0 Å². The zero-order chi connectivity index (χ0) is 14.8. The van der Waals surface area contributed by atoms with Gasteiger partial charge >= 0.3 is 0 Å². The van der Waals surface area contributed by atoms with E-state index in [9.17, 15) is 8.42 Å². The molecule has 5 nitrogen and oxygen atoms in total. The Hall–Kier alpha value is -0.950. The Labute approximate surface area is 120 Å². The Balaban J connectivity index is 2.32. The predicted molar refractivity (Wildman–Crippen MR) is 77.9 cm³/mol. The van der Waals surface area contributed by atoms with E-state index in [2.05, 4.69) is 0 Å². The first-order chi connectivity index (χ1) is 9.50. The standard InChI is InChI=1S/C14H22N2O3S/c1-11-5-3-4-6-14(11)20(17,18)16-8-7-13(19-2)9-12(16)10-15/h3-6,12-13H,7-10,15H2,1-2H3. The number of sulfonamides is 1. The Morgan fingerprint density at radius 2 is 2.10 bits per heavy atom. The SMILES string of the molecule is COC1CCN(S(=O)(=O)c2ccccc2C)C(CN)C1. The molecule has 2 atom stereocenters. The van der Waals surface area contributed by atoms with E-state index in [0.29, 0.717) is 30.8 Å². The highest BCUT2D eigenvalue weighted by Gasteiger charge is 2.36. The first-order valence-corrected chi connectivity index (χ1v) is 8.25. The number of nitrogens with zero attached hydrogens (tertiary/aromatic N) is 1. The van der Waals surface area contributed by atoms with E-state index in [0.717, 1.165) is 5.56 Å². The van der Waals surface area contributed by atoms with Gasteiger partial charge in [-0.3, -0.25) is 0 Å². The minimum atomic E-state index is -3.49. The highest BCUT2D eigenvalue weighted by atomic mass is 32.2. The number of piperidine rings is 1. The van der Waals surface area contributed by atoms with Crippen molar-refractivity contribution in [3.05, 3.63) is 29.8 Å². The molecule has 1 aromatic rings. The van der Waals surface area contributed by atoms with Crippen molar-refractivity contribution in [1.82, 2.24) is 4.31 Å². The van der Waals surface area contributed by atoms with Gasteiger partial charge in [0.05, 0.1) is 11.0 Å². The Kier molecular flexibility index (Phi) is 4.80. The second-order valence-corrected chi connectivity index (χ2v) is 7.01. The Bertz CT molecular complexity index is 559. The van der Waals surface area contributed by atoms with Gasteiger partial charge < -0.3 is 10.5 Å². The zero-order valence-corrected chi connectivity index (χ0v) is 12.8. The largest absolute Gasteiger partial charge is 0.381 e. The van der Waals surface area contributed by atoms with Gasteiger partial charge in [-0.2, -0.15) is 4.31 Å². The molecule has 1 heterocycles. The summed E-state index contributed by atoms with van der Waals surface area (Å²) in [5.74, 6) is 0. The van der Waals surface area contributed by atoms with Crippen LogP contribution in [-0.4, -0.2) is 45.1 Å². The van der Waals surface area contributed by atoms with Crippen LogP contribution < -0.4 is 5.73 Å². The van der Waals surface area contributed by atoms with Gasteiger partial charge in [0, 0.05) is 26.2 Å². The second kappa shape index (κ2) is 6.22. The molecule has 1 fully saturated rings. The number of rotatable bonds is 4. The third-order valence-corrected chi connectivity index (χ3v) is 6.01. The van der Waals surface area contributed by atoms with Gasteiger partial charge in [0.15, 0.2) is 0 Å². The summed E-state index contributed by atoms with van der Waals surface area (Å²) in [6.45, 7) is 2.58. The van der Waals surface area contributed by atoms with Crippen molar-refractivity contribution in [2.45, 2.75) is 36.8 Å². The highest BCUT2D eigenvalue weighted by molar-refractivity contribution is 7.89. The van der Waals surface area contributed by atoms with Gasteiger partial charge in [-0.05, 0) is 31.4 Å². The van der Waals surface area contributed by atoms with E-state index in [4.69, 9.17) is 10.5 Å². The minimum Gasteiger partial charge on any atom is -0.381 e. The fourth-order valence-corrected chi connectivity index (χ4v) is 4.60. The quantitative estimate of drug-likeness (QED) is 0.904. The maximum Gasteiger partial charge on any atom is 0.243 e. The van der Waals surface area contributed by atoms with E-state index in [1.165, 1.54) is 4.31 Å². The predicted octanol–water partition coefficient (Wildman–Crippen LogP) is 1.12. The van der Waals surface area contributed by atoms with Gasteiger partial charge in [-0.1, -0.05) is 18.2 Å². The molecule has 0 aromatic heterocycles. The Morgan fingerprint density at radius 1 is 1.40 bits per heavy atom. The van der Waals surface area contributed by atoms with E-state index in [1.54, 1.807) is 19.2 Å². The van der Waals surface area contributed by atoms with Crippen molar-refractivity contribution in [2.24, 2.45) is 5.73 Å². The van der Waals surface area contributed by atoms with Crippen LogP contribution in [-0.2, 0) is 14.8 Å². The molecule has 0 bridgehead atoms. The molecular formula is C14H22N2O3S. The number of ether oxygens (including phenoxy) is 1. The molecule has 0 radical (unpaired) electrons. The number of benzene rings is 1. The number of hydrogen-bond acceptors (Lipinski definition) is 4. The molecule has 1 aliphatic heterocycles. The van der Waals surface area contributed by atoms with Crippen molar-refractivity contribution in [3.8, 4) is 0 Å². The van der Waals surface area contributed by atoms with E-state index in [1.807, 2.05) is 19.1 Å². The van der Waals surface area contributed by atoms with Gasteiger partial charge in [-0.25, -0.2) is 8.42 Å². The van der Waals surface area contributed by atoms with Gasteiger partial charge in [0.25, 0.3) is 0 Å². The van der Waals surface area contributed by atoms with Crippen LogP contribution in [0.4, 0.5) is 0 Å². The first-order valence-electron chi connectivity index (χ1n) is 6.81. The Morgan fingerprint density at radius 3 is 2.70 bits per heavy atom. The molecule has 2 N–H and O–H groups in total. The summed E-state index contributed by atoms with van der Waals surface area (Å²) >= 11 is 0. The van der Waals surface area contributed by atoms with E-state index < -0.39 is 10.0 Å². The van der Waals surface area contributed by atoms with E-state index >= 15 is 0 Å². The molecule has 2 rings (SSSR count). The monoisotopic (exact) mass is 298 g/mol. The average Bonchev–Trinajstić information content (AvgIpc) is 2.46. The molecule has 112 valence electrons. The molecule has 0 amide bonds. The summed E-state index contributed by atoms with van der Waals surface area (Å²) in [5.41, 5.74) is 6.52. The summed E-state index contributed by atoms with van der Waals surface area (Å²) in [5, 5.41) is 0. The van der Waals surface area contributed by atoms with Crippen LogP contribution in [0.3, 0.4) is 0 Å². The van der Waals surface area contributed by atoms with Crippen molar-refractivity contribution in [1.29, 1.82) is 0 Å². The molecule has 1 saturated heterocycles. The van der Waals surface area contributed by atoms with Gasteiger partial charge in [0.1, 0.15) is 0 Å². The van der Waals surface area contributed by atoms with Crippen molar-refractivity contribution < 1.29 is 13.2 Å². The van der Waals surface area contributed by atoms with Crippen LogP contribution in [0.5, 0.6) is 0 Å². The third kappa shape index (κ3) is 2.88. The number of nitrogens with two attached hydrogens (primary N) is 1. The van der Waals surface area contributed by atoms with Crippen LogP contribution in [0.15, 0.2) is 29.2 Å². The summed E-state index contributed by atoms with van der Waals surface area (Å²) in [7, 11) is -1.83. The maximum absolute atomic E-state index is 12.8. The summed E-state index contributed by atoms with van der Waals surface area (Å²) in [4.78, 5) is 0.370. The molecule has 2 unspecified atom stereocenters. The van der Waals surface area contributed by atoms with Crippen LogP contribution in [0.1, 0.15) is 18.4 Å². The molecule has 0 saturated carbocycles. The van der Waals surface area contributed by atoms with Crippen molar-refractivity contribution in [2.75, 3.05) is 20.2 Å². The fraction of sp³-hybridized carbons (Fsp3) is 0.571. The number of hydrogen-bond donors (Lipinski definition) is 1. The molecule has 0 spiro atoms. The number of aryl methyl sites for hydroxylation is 1. The molecule has 1 aliphatic rings. The van der Waals surface area contributed by atoms with Gasteiger partial charge in [0.2, 0.25) is 10.0 Å². The lowest BCUT2D eigenvalue weighted by atomic mass is 10.0. The molecule has 20 heavy (non-hydrogen) atoms. The minimum absolute atomic E-state index is 0.0897. The average molecular weight is 298 g/mol. The normalized spacial score (nSPS) is 24.8. The molecular weight excluding hydrogens is 276 g/mol. The summed E-state index contributed by atoms with van der Waals surface area (Å²) in [6.07, 6.45) is 1.45. The number of methoxy groups -OCH3 is 1. The summed E-state index contributed by atoms with van der Waals surface area (Å²) < 4.78 is 32.5. The van der Waals surface area contributed by atoms with Crippen LogP contribution in [0, 0.1) is 6.92 Å². The van der Waals surface area contributed by atoms with Crippen LogP contribution >= 0.6 is 0 Å². The lowest BCUT2D eigenvalue weighted by Gasteiger charge is -2.37. The second-order valence-electron chi connectivity index (χ2n) is 5.15. The summed E-state index contributed by atoms with van der Waals surface area (Å²) in [6, 6.07) is 6.86. The van der Waals surface area contributed by atoms with Crippen LogP contribution in [0.25, 0.3) is 0 Å². The molecule has 6 heteroatoms. The smallest absolute Gasteiger partial charge is 0.243 e. The first kappa shape index (κ1) is 15.4. The van der Waals surface area contributed by atoms with Crippen molar-refractivity contribution in [3.63, 3.8) is 0 Å². The van der Waals surface area contributed by atoms with Crippen LogP contribution in [0.2, 0.25) is 0 Å². The fourth-order valence-electron chi connectivity index (χ4n) is 2.71. The molecule has 0 aliphatic carbocycles. The maximum atomic E-state index is 12.8. The zero-order valence-electron chi connectivity index (χ0n) is 12.0. The van der Waals surface area contributed by atoms with Gasteiger partial charge in [-0.15, -0.1) is 0 Å². The lowest BCUT2D eigenvalue weighted by molar-refractivity contribution is 0.0401. The topological polar surface area (TPSA) is 72.6 Å². The highest BCUT2D eigenvalue weighted by Crippen LogP contribution is 2.27. The molecule has 1 aromatic carbocycles. The lowest BCUT2D eigenvalue weighted by Crippen LogP contribution is -2.51. The van der Waals surface area contributed by atoms with E-state index in [-0.39, 0.29) is 12.1 Å².